The number of carbonyl (C=O) groups is 2. The van der Waals surface area contributed by atoms with E-state index in [9.17, 15) is 9.59 Å². The van der Waals surface area contributed by atoms with E-state index in [1.165, 1.54) is 11.6 Å². The molecule has 0 aliphatic carbocycles. The maximum Gasteiger partial charge on any atom is 0.251 e. The fourth-order valence-electron chi connectivity index (χ4n) is 2.32. The number of carbonyl (C=O) groups excluding carboxylic acids is 2. The maximum atomic E-state index is 12.0. The highest BCUT2D eigenvalue weighted by Crippen LogP contribution is 2.22. The zero-order chi connectivity index (χ0) is 18.4. The molecule has 1 atom stereocenters. The second kappa shape index (κ2) is 8.88. The van der Waals surface area contributed by atoms with Crippen molar-refractivity contribution in [2.24, 2.45) is 0 Å². The Bertz CT molecular complexity index is 761. The number of nitrogens with one attached hydrogen (secondary N) is 2. The summed E-state index contributed by atoms with van der Waals surface area (Å²) in [5, 5.41) is 6.10. The molecule has 0 aliphatic rings. The minimum atomic E-state index is -0.381. The predicted molar refractivity (Wildman–Crippen MR) is 101 cm³/mol. The first-order valence-corrected chi connectivity index (χ1v) is 8.77. The van der Waals surface area contributed by atoms with Crippen LogP contribution in [0.15, 0.2) is 42.5 Å². The largest absolute Gasteiger partial charge is 0.348 e. The molecule has 0 radical (unpaired) electrons. The van der Waals surface area contributed by atoms with Crippen LogP contribution >= 0.6 is 23.2 Å². The Morgan fingerprint density at radius 3 is 2.32 bits per heavy atom. The van der Waals surface area contributed by atoms with Crippen molar-refractivity contribution < 1.29 is 9.59 Å². The summed E-state index contributed by atoms with van der Waals surface area (Å²) in [6.45, 7) is 3.88. The summed E-state index contributed by atoms with van der Waals surface area (Å²) in [4.78, 5) is 24.1. The smallest absolute Gasteiger partial charge is 0.251 e. The van der Waals surface area contributed by atoms with Gasteiger partial charge in [-0.3, -0.25) is 9.59 Å². The van der Waals surface area contributed by atoms with E-state index in [-0.39, 0.29) is 24.4 Å². The van der Waals surface area contributed by atoms with Crippen LogP contribution in [0, 0.1) is 0 Å². The topological polar surface area (TPSA) is 58.2 Å². The summed E-state index contributed by atoms with van der Waals surface area (Å²) < 4.78 is 0. The second-order valence-electron chi connectivity index (χ2n) is 5.70. The van der Waals surface area contributed by atoms with Crippen molar-refractivity contribution >= 4 is 35.0 Å². The first kappa shape index (κ1) is 19.3. The van der Waals surface area contributed by atoms with Crippen molar-refractivity contribution in [1.29, 1.82) is 0 Å². The molecule has 2 aromatic carbocycles. The molecule has 0 saturated carbocycles. The Balaban J connectivity index is 1.86. The van der Waals surface area contributed by atoms with Crippen LogP contribution in [0.1, 0.15) is 41.4 Å². The number of benzene rings is 2. The predicted octanol–water partition coefficient (Wildman–Crippen LogP) is 4.16. The number of rotatable bonds is 6. The van der Waals surface area contributed by atoms with E-state index in [1.54, 1.807) is 12.1 Å². The minimum Gasteiger partial charge on any atom is -0.348 e. The fourth-order valence-corrected chi connectivity index (χ4v) is 2.62. The molecule has 0 bridgehead atoms. The van der Waals surface area contributed by atoms with Crippen molar-refractivity contribution in [3.8, 4) is 0 Å². The fraction of sp³-hybridized carbons (Fsp3) is 0.263. The van der Waals surface area contributed by atoms with E-state index in [0.29, 0.717) is 15.6 Å². The Labute approximate surface area is 157 Å². The highest BCUT2D eigenvalue weighted by molar-refractivity contribution is 6.42. The molecule has 1 unspecified atom stereocenters. The molecule has 0 saturated heterocycles. The summed E-state index contributed by atoms with van der Waals surface area (Å²) in [6, 6.07) is 12.5. The van der Waals surface area contributed by atoms with Gasteiger partial charge in [-0.05, 0) is 42.7 Å². The van der Waals surface area contributed by atoms with Gasteiger partial charge in [-0.2, -0.15) is 0 Å². The number of halogens is 2. The molecular formula is C19H20Cl2N2O2. The van der Waals surface area contributed by atoms with Gasteiger partial charge < -0.3 is 10.6 Å². The van der Waals surface area contributed by atoms with Crippen LogP contribution in [0.25, 0.3) is 0 Å². The van der Waals surface area contributed by atoms with E-state index >= 15 is 0 Å². The van der Waals surface area contributed by atoms with Crippen LogP contribution in [0.2, 0.25) is 10.0 Å². The molecule has 6 heteroatoms. The molecule has 0 aromatic heterocycles. The molecule has 4 nitrogen and oxygen atoms in total. The van der Waals surface area contributed by atoms with Crippen LogP contribution in [0.3, 0.4) is 0 Å². The third-order valence-electron chi connectivity index (χ3n) is 3.86. The van der Waals surface area contributed by atoms with Crippen LogP contribution in [-0.2, 0) is 11.2 Å². The lowest BCUT2D eigenvalue weighted by atomic mass is 10.1. The molecule has 0 spiro atoms. The van der Waals surface area contributed by atoms with Crippen molar-refractivity contribution in [1.82, 2.24) is 10.6 Å². The normalized spacial score (nSPS) is 11.7. The zero-order valence-electron chi connectivity index (χ0n) is 14.1. The number of amides is 2. The zero-order valence-corrected chi connectivity index (χ0v) is 15.6. The molecule has 25 heavy (non-hydrogen) atoms. The summed E-state index contributed by atoms with van der Waals surface area (Å²) in [7, 11) is 0. The van der Waals surface area contributed by atoms with Gasteiger partial charge in [0.05, 0.1) is 22.6 Å². The van der Waals surface area contributed by atoms with E-state index in [0.717, 1.165) is 12.0 Å². The Morgan fingerprint density at radius 1 is 1.04 bits per heavy atom. The van der Waals surface area contributed by atoms with Crippen molar-refractivity contribution in [2.45, 2.75) is 26.3 Å². The van der Waals surface area contributed by atoms with Gasteiger partial charge >= 0.3 is 0 Å². The van der Waals surface area contributed by atoms with Crippen molar-refractivity contribution in [3.05, 3.63) is 69.2 Å². The molecule has 2 amide bonds. The van der Waals surface area contributed by atoms with Crippen LogP contribution in [-0.4, -0.2) is 18.4 Å². The van der Waals surface area contributed by atoms with Gasteiger partial charge in [0.15, 0.2) is 0 Å². The van der Waals surface area contributed by atoms with Crippen molar-refractivity contribution in [3.63, 3.8) is 0 Å². The van der Waals surface area contributed by atoms with Gasteiger partial charge in [0.25, 0.3) is 5.91 Å². The average molecular weight is 379 g/mol. The molecule has 2 N–H and O–H groups in total. The monoisotopic (exact) mass is 378 g/mol. The summed E-state index contributed by atoms with van der Waals surface area (Å²) in [5.74, 6) is -0.644. The van der Waals surface area contributed by atoms with Crippen LogP contribution in [0.4, 0.5) is 0 Å². The number of hydrogen-bond acceptors (Lipinski definition) is 2. The highest BCUT2D eigenvalue weighted by Gasteiger charge is 2.12. The Hall–Kier alpha value is -2.04. The maximum absolute atomic E-state index is 12.0. The number of hydrogen-bond donors (Lipinski definition) is 2. The van der Waals surface area contributed by atoms with E-state index in [4.69, 9.17) is 23.2 Å². The van der Waals surface area contributed by atoms with E-state index < -0.39 is 0 Å². The molecule has 2 aromatic rings. The average Bonchev–Trinajstić information content (AvgIpc) is 2.62. The molecule has 0 fully saturated rings. The molecule has 2 rings (SSSR count). The Kier molecular flexibility index (Phi) is 6.85. The number of aryl methyl sites for hydroxylation is 1. The third-order valence-corrected chi connectivity index (χ3v) is 4.60. The summed E-state index contributed by atoms with van der Waals surface area (Å²) in [6.07, 6.45) is 0.974. The van der Waals surface area contributed by atoms with Gasteiger partial charge in [0, 0.05) is 5.56 Å². The van der Waals surface area contributed by atoms with Gasteiger partial charge in [-0.25, -0.2) is 0 Å². The lowest BCUT2D eigenvalue weighted by Gasteiger charge is -2.15. The minimum absolute atomic E-state index is 0.115. The van der Waals surface area contributed by atoms with E-state index in [1.807, 2.05) is 31.2 Å². The first-order valence-electron chi connectivity index (χ1n) is 8.02. The van der Waals surface area contributed by atoms with Crippen molar-refractivity contribution in [2.75, 3.05) is 6.54 Å². The lowest BCUT2D eigenvalue weighted by molar-refractivity contribution is -0.120. The quantitative estimate of drug-likeness (QED) is 0.792. The first-order chi connectivity index (χ1) is 11.9. The molecular weight excluding hydrogens is 359 g/mol. The Morgan fingerprint density at radius 2 is 1.72 bits per heavy atom. The van der Waals surface area contributed by atoms with Crippen LogP contribution in [0.5, 0.6) is 0 Å². The lowest BCUT2D eigenvalue weighted by Crippen LogP contribution is -2.38. The highest BCUT2D eigenvalue weighted by atomic mass is 35.5. The van der Waals surface area contributed by atoms with Gasteiger partial charge in [0.1, 0.15) is 0 Å². The molecule has 0 heterocycles. The van der Waals surface area contributed by atoms with Crippen LogP contribution < -0.4 is 10.6 Å². The second-order valence-corrected chi connectivity index (χ2v) is 6.51. The van der Waals surface area contributed by atoms with Gasteiger partial charge in [-0.1, -0.05) is 54.4 Å². The molecule has 132 valence electrons. The standard InChI is InChI=1S/C19H20Cl2N2O2/c1-3-13-4-6-14(7-5-13)12(2)23-18(24)11-22-19(25)15-8-9-16(20)17(21)10-15/h4-10,12H,3,11H2,1-2H3,(H,22,25)(H,23,24). The van der Waals surface area contributed by atoms with Gasteiger partial charge in [0.2, 0.25) is 5.91 Å². The summed E-state index contributed by atoms with van der Waals surface area (Å²) >= 11 is 11.7. The molecule has 0 aliphatic heterocycles. The van der Waals surface area contributed by atoms with Gasteiger partial charge in [-0.15, -0.1) is 0 Å². The third kappa shape index (κ3) is 5.48. The summed E-state index contributed by atoms with van der Waals surface area (Å²) in [5.41, 5.74) is 2.61. The van der Waals surface area contributed by atoms with E-state index in [2.05, 4.69) is 17.6 Å². The SMILES string of the molecule is CCc1ccc(C(C)NC(=O)CNC(=O)c2ccc(Cl)c(Cl)c2)cc1.